The van der Waals surface area contributed by atoms with E-state index in [9.17, 15) is 18.0 Å². The molecule has 3 aromatic rings. The lowest BCUT2D eigenvalue weighted by molar-refractivity contribution is -0.137. The number of amides is 1. The molecule has 0 aliphatic carbocycles. The van der Waals surface area contributed by atoms with Crippen LogP contribution in [-0.2, 0) is 6.18 Å². The van der Waals surface area contributed by atoms with Gasteiger partial charge in [-0.15, -0.1) is 0 Å². The zero-order chi connectivity index (χ0) is 19.2. The number of anilines is 1. The first kappa shape index (κ1) is 18.3. The summed E-state index contributed by atoms with van der Waals surface area (Å²) in [6.07, 6.45) is -3.75. The maximum Gasteiger partial charge on any atom is 0.417 e. The third kappa shape index (κ3) is 3.26. The lowest BCUT2D eigenvalue weighted by Crippen LogP contribution is -2.17. The quantitative estimate of drug-likeness (QED) is 0.664. The number of benzene rings is 1. The molecule has 0 radical (unpaired) electrons. The average Bonchev–Trinajstić information content (AvgIpc) is 2.87. The minimum atomic E-state index is -4.59. The highest BCUT2D eigenvalue weighted by Gasteiger charge is 2.33. The molecule has 0 saturated heterocycles. The zero-order valence-electron chi connectivity index (χ0n) is 14.2. The number of aromatic nitrogens is 2. The number of nitrogens with one attached hydrogen (secondary N) is 1. The fourth-order valence-electron chi connectivity index (χ4n) is 2.70. The second-order valence-electron chi connectivity index (χ2n) is 6.09. The van der Waals surface area contributed by atoms with Crippen molar-refractivity contribution in [3.05, 3.63) is 63.6 Å². The van der Waals surface area contributed by atoms with Gasteiger partial charge in [-0.05, 0) is 44.0 Å². The number of hydrogen-bond donors (Lipinski definition) is 1. The molecule has 0 unspecified atom stereocenters. The Morgan fingerprint density at radius 3 is 2.54 bits per heavy atom. The highest BCUT2D eigenvalue weighted by atomic mass is 35.5. The van der Waals surface area contributed by atoms with Crippen LogP contribution in [0.2, 0.25) is 5.02 Å². The van der Waals surface area contributed by atoms with Crippen LogP contribution in [-0.4, -0.2) is 15.3 Å². The fraction of sp³-hybridized carbons (Fsp3) is 0.222. The summed E-state index contributed by atoms with van der Waals surface area (Å²) >= 11 is 5.95. The van der Waals surface area contributed by atoms with Crippen LogP contribution >= 0.6 is 11.6 Å². The largest absolute Gasteiger partial charge is 0.417 e. The molecular weight excluding hydrogens is 367 g/mol. The molecule has 8 heteroatoms. The standard InChI is InChI=1S/C18H15ClF3N3O/c1-9-4-5-10(2)14(6-9)24-17(26)15-11(3)23-16-13(19)7-12(8-25(15)16)18(20,21)22/h4-8H,1-3H3,(H,24,26). The summed E-state index contributed by atoms with van der Waals surface area (Å²) in [5.41, 5.74) is 1.81. The fourth-order valence-corrected chi connectivity index (χ4v) is 2.95. The van der Waals surface area contributed by atoms with Crippen LogP contribution in [0.5, 0.6) is 0 Å². The van der Waals surface area contributed by atoms with Gasteiger partial charge in [-0.25, -0.2) is 4.98 Å². The van der Waals surface area contributed by atoms with Crippen LogP contribution in [0.3, 0.4) is 0 Å². The van der Waals surface area contributed by atoms with Crippen LogP contribution < -0.4 is 5.32 Å². The summed E-state index contributed by atoms with van der Waals surface area (Å²) in [4.78, 5) is 16.9. The van der Waals surface area contributed by atoms with E-state index in [1.54, 1.807) is 13.0 Å². The first-order valence-electron chi connectivity index (χ1n) is 7.72. The molecule has 0 bridgehead atoms. The molecule has 0 spiro atoms. The second-order valence-corrected chi connectivity index (χ2v) is 6.49. The average molecular weight is 382 g/mol. The van der Waals surface area contributed by atoms with E-state index in [1.165, 1.54) is 0 Å². The van der Waals surface area contributed by atoms with E-state index in [0.29, 0.717) is 5.69 Å². The van der Waals surface area contributed by atoms with Gasteiger partial charge in [-0.3, -0.25) is 9.20 Å². The molecule has 4 nitrogen and oxygen atoms in total. The topological polar surface area (TPSA) is 46.4 Å². The predicted molar refractivity (Wildman–Crippen MR) is 93.8 cm³/mol. The lowest BCUT2D eigenvalue weighted by atomic mass is 10.1. The summed E-state index contributed by atoms with van der Waals surface area (Å²) in [6.45, 7) is 5.26. The maximum atomic E-state index is 13.1. The van der Waals surface area contributed by atoms with E-state index in [4.69, 9.17) is 11.6 Å². The number of hydrogen-bond acceptors (Lipinski definition) is 2. The van der Waals surface area contributed by atoms with Crippen LogP contribution in [0.4, 0.5) is 18.9 Å². The van der Waals surface area contributed by atoms with E-state index < -0.39 is 17.6 Å². The van der Waals surface area contributed by atoms with Gasteiger partial charge in [0.05, 0.1) is 16.3 Å². The first-order chi connectivity index (χ1) is 12.1. The molecular formula is C18H15ClF3N3O. The summed E-state index contributed by atoms with van der Waals surface area (Å²) in [6, 6.07) is 6.35. The summed E-state index contributed by atoms with van der Waals surface area (Å²) in [5, 5.41) is 2.57. The summed E-state index contributed by atoms with van der Waals surface area (Å²) < 4.78 is 40.3. The molecule has 2 heterocycles. The predicted octanol–water partition coefficient (Wildman–Crippen LogP) is 5.18. The van der Waals surface area contributed by atoms with E-state index >= 15 is 0 Å². The maximum absolute atomic E-state index is 13.1. The Balaban J connectivity index is 2.12. The van der Waals surface area contributed by atoms with Crippen molar-refractivity contribution in [2.75, 3.05) is 5.32 Å². The molecule has 0 atom stereocenters. The minimum absolute atomic E-state index is 0.00825. The van der Waals surface area contributed by atoms with Gasteiger partial charge in [-0.1, -0.05) is 23.7 Å². The van der Waals surface area contributed by atoms with Gasteiger partial charge in [0.25, 0.3) is 5.91 Å². The van der Waals surface area contributed by atoms with Gasteiger partial charge >= 0.3 is 6.18 Å². The summed E-state index contributed by atoms with van der Waals surface area (Å²) in [7, 11) is 0. The van der Waals surface area contributed by atoms with E-state index in [1.807, 2.05) is 26.0 Å². The van der Waals surface area contributed by atoms with E-state index in [2.05, 4.69) is 10.3 Å². The number of carbonyl (C=O) groups is 1. The third-order valence-corrected chi connectivity index (χ3v) is 4.31. The molecule has 1 aromatic carbocycles. The Morgan fingerprint density at radius 2 is 1.88 bits per heavy atom. The molecule has 2 aromatic heterocycles. The van der Waals surface area contributed by atoms with E-state index in [0.717, 1.165) is 27.8 Å². The first-order valence-corrected chi connectivity index (χ1v) is 8.09. The molecule has 1 amide bonds. The van der Waals surface area contributed by atoms with Crippen molar-refractivity contribution in [3.8, 4) is 0 Å². The Hall–Kier alpha value is -2.54. The van der Waals surface area contributed by atoms with Crippen LogP contribution in [0.25, 0.3) is 5.65 Å². The number of carbonyl (C=O) groups excluding carboxylic acids is 1. The normalized spacial score (nSPS) is 11.8. The molecule has 0 fully saturated rings. The number of pyridine rings is 1. The smallest absolute Gasteiger partial charge is 0.320 e. The highest BCUT2D eigenvalue weighted by Crippen LogP contribution is 2.33. The Labute approximate surface area is 152 Å². The number of imidazole rings is 1. The van der Waals surface area contributed by atoms with Crippen molar-refractivity contribution in [3.63, 3.8) is 0 Å². The summed E-state index contributed by atoms with van der Waals surface area (Å²) in [5.74, 6) is -0.556. The molecule has 136 valence electrons. The number of fused-ring (bicyclic) bond motifs is 1. The van der Waals surface area contributed by atoms with E-state index in [-0.39, 0.29) is 22.1 Å². The van der Waals surface area contributed by atoms with Crippen LogP contribution in [0.1, 0.15) is 32.9 Å². The number of rotatable bonds is 2. The number of alkyl halides is 3. The van der Waals surface area contributed by atoms with Crippen molar-refractivity contribution in [1.29, 1.82) is 0 Å². The molecule has 26 heavy (non-hydrogen) atoms. The van der Waals surface area contributed by atoms with Gasteiger partial charge in [0.15, 0.2) is 5.65 Å². The van der Waals surface area contributed by atoms with Crippen molar-refractivity contribution in [2.24, 2.45) is 0 Å². The molecule has 0 aliphatic rings. The van der Waals surface area contributed by atoms with Gasteiger partial charge in [0, 0.05) is 11.9 Å². The SMILES string of the molecule is Cc1ccc(C)c(NC(=O)c2c(C)nc3c(Cl)cc(C(F)(F)F)cn23)c1. The zero-order valence-corrected chi connectivity index (χ0v) is 15.0. The monoisotopic (exact) mass is 381 g/mol. The number of aryl methyl sites for hydroxylation is 3. The molecule has 3 rings (SSSR count). The minimum Gasteiger partial charge on any atom is -0.320 e. The van der Waals surface area contributed by atoms with Crippen molar-refractivity contribution < 1.29 is 18.0 Å². The van der Waals surface area contributed by atoms with Gasteiger partial charge in [-0.2, -0.15) is 13.2 Å². The highest BCUT2D eigenvalue weighted by molar-refractivity contribution is 6.33. The molecule has 0 aliphatic heterocycles. The van der Waals surface area contributed by atoms with Gasteiger partial charge in [0.1, 0.15) is 5.69 Å². The van der Waals surface area contributed by atoms with Crippen LogP contribution in [0, 0.1) is 20.8 Å². The third-order valence-electron chi connectivity index (χ3n) is 4.03. The molecule has 0 saturated carbocycles. The molecule has 1 N–H and O–H groups in total. The van der Waals surface area contributed by atoms with Gasteiger partial charge < -0.3 is 5.32 Å². The van der Waals surface area contributed by atoms with Crippen LogP contribution in [0.15, 0.2) is 30.5 Å². The van der Waals surface area contributed by atoms with Gasteiger partial charge in [0.2, 0.25) is 0 Å². The Morgan fingerprint density at radius 1 is 1.19 bits per heavy atom. The Bertz CT molecular complexity index is 1020. The Kier molecular flexibility index (Phi) is 4.44. The van der Waals surface area contributed by atoms with Crippen molar-refractivity contribution in [2.45, 2.75) is 26.9 Å². The van der Waals surface area contributed by atoms with Crippen molar-refractivity contribution >= 4 is 28.8 Å². The lowest BCUT2D eigenvalue weighted by Gasteiger charge is -2.11. The number of halogens is 4. The second kappa shape index (κ2) is 6.32. The van der Waals surface area contributed by atoms with Crippen molar-refractivity contribution in [1.82, 2.24) is 9.38 Å². The number of nitrogens with zero attached hydrogens (tertiary/aromatic N) is 2.